The fourth-order valence-electron chi connectivity index (χ4n) is 4.08. The van der Waals surface area contributed by atoms with Crippen molar-refractivity contribution in [1.29, 1.82) is 0 Å². The van der Waals surface area contributed by atoms with Gasteiger partial charge < -0.3 is 4.74 Å². The van der Waals surface area contributed by atoms with Crippen molar-refractivity contribution in [3.63, 3.8) is 0 Å². The summed E-state index contributed by atoms with van der Waals surface area (Å²) in [5.74, 6) is -0.330. The third-order valence-corrected chi connectivity index (χ3v) is 5.49. The zero-order valence-corrected chi connectivity index (χ0v) is 16.1. The second-order valence-electron chi connectivity index (χ2n) is 7.11. The highest BCUT2D eigenvalue weighted by molar-refractivity contribution is 6.32. The van der Waals surface area contributed by atoms with Crippen LogP contribution in [0.4, 0.5) is 5.69 Å². The van der Waals surface area contributed by atoms with E-state index in [4.69, 9.17) is 4.74 Å². The van der Waals surface area contributed by atoms with Gasteiger partial charge >= 0.3 is 5.97 Å². The Morgan fingerprint density at radius 2 is 1.55 bits per heavy atom. The van der Waals surface area contributed by atoms with Crippen molar-refractivity contribution in [1.82, 2.24) is 0 Å². The zero-order valence-electron chi connectivity index (χ0n) is 16.1. The number of nitrogens with zero attached hydrogens (tertiary/aromatic N) is 1. The molecule has 0 fully saturated rings. The van der Waals surface area contributed by atoms with Gasteiger partial charge in [-0.25, -0.2) is 4.79 Å². The molecule has 0 atom stereocenters. The minimum absolute atomic E-state index is 0.330. The third-order valence-electron chi connectivity index (χ3n) is 5.49. The Bertz CT molecular complexity index is 1210. The molecule has 3 aromatic carbocycles. The van der Waals surface area contributed by atoms with Crippen molar-refractivity contribution in [3.8, 4) is 0 Å². The molecule has 0 spiro atoms. The number of esters is 1. The molecule has 29 heavy (non-hydrogen) atoms. The predicted molar refractivity (Wildman–Crippen MR) is 117 cm³/mol. The Morgan fingerprint density at radius 3 is 2.34 bits per heavy atom. The lowest BCUT2D eigenvalue weighted by molar-refractivity contribution is 0.0600. The fraction of sp³-hybridized carbons (Fsp3) is 0.0769. The van der Waals surface area contributed by atoms with Gasteiger partial charge in [0.1, 0.15) is 0 Å². The predicted octanol–water partition coefficient (Wildman–Crippen LogP) is 5.74. The number of para-hydroxylation sites is 1. The number of fused-ring (bicyclic) bond motifs is 2. The van der Waals surface area contributed by atoms with Gasteiger partial charge in [0, 0.05) is 17.4 Å². The summed E-state index contributed by atoms with van der Waals surface area (Å²) in [7, 11) is 1.40. The summed E-state index contributed by atoms with van der Waals surface area (Å²) >= 11 is 0. The second-order valence-corrected chi connectivity index (χ2v) is 7.11. The van der Waals surface area contributed by atoms with Crippen molar-refractivity contribution in [3.05, 3.63) is 107 Å². The molecule has 0 amide bonds. The molecule has 0 N–H and O–H groups in total. The zero-order chi connectivity index (χ0) is 19.8. The van der Waals surface area contributed by atoms with Gasteiger partial charge in [0.15, 0.2) is 0 Å². The Hall–Kier alpha value is -3.72. The van der Waals surface area contributed by atoms with Crippen LogP contribution >= 0.6 is 0 Å². The molecule has 3 heteroatoms. The number of aliphatic imine (C=N–C) groups is 1. The topological polar surface area (TPSA) is 38.7 Å². The van der Waals surface area contributed by atoms with Crippen LogP contribution in [0.15, 0.2) is 83.9 Å². The Balaban J connectivity index is 1.71. The number of rotatable bonds is 3. The molecule has 0 bridgehead atoms. The minimum atomic E-state index is -0.330. The van der Waals surface area contributed by atoms with E-state index in [2.05, 4.69) is 41.4 Å². The van der Waals surface area contributed by atoms with E-state index in [0.29, 0.717) is 5.56 Å². The van der Waals surface area contributed by atoms with Crippen LogP contribution in [0, 0.1) is 0 Å². The van der Waals surface area contributed by atoms with Crippen LogP contribution in [0.2, 0.25) is 0 Å². The van der Waals surface area contributed by atoms with E-state index in [1.54, 1.807) is 0 Å². The van der Waals surface area contributed by atoms with E-state index in [-0.39, 0.29) is 5.97 Å². The van der Waals surface area contributed by atoms with Gasteiger partial charge in [0.2, 0.25) is 0 Å². The largest absolute Gasteiger partial charge is 0.465 e. The molecule has 3 aromatic rings. The average molecular weight is 377 g/mol. The van der Waals surface area contributed by atoms with E-state index in [9.17, 15) is 4.79 Å². The highest BCUT2D eigenvalue weighted by Crippen LogP contribution is 2.44. The molecular formula is C26H19NO2. The molecular weight excluding hydrogens is 358 g/mol. The lowest BCUT2D eigenvalue weighted by atomic mass is 9.87. The summed E-state index contributed by atoms with van der Waals surface area (Å²) < 4.78 is 4.85. The second kappa shape index (κ2) is 7.02. The number of hydrogen-bond donors (Lipinski definition) is 0. The Kier molecular flexibility index (Phi) is 4.21. The number of carbonyl (C=O) groups is 1. The maximum Gasteiger partial charge on any atom is 0.337 e. The number of hydrogen-bond acceptors (Lipinski definition) is 3. The SMILES string of the molecule is COC(=O)c1ccc(C(C2=CCc3ccccc32)=C2C=Nc3ccccc32)cc1. The number of benzene rings is 3. The smallest absolute Gasteiger partial charge is 0.337 e. The summed E-state index contributed by atoms with van der Waals surface area (Å²) in [5.41, 5.74) is 9.75. The molecule has 0 unspecified atom stereocenters. The van der Waals surface area contributed by atoms with Gasteiger partial charge in [0.05, 0.1) is 18.4 Å². The number of methoxy groups -OCH3 is 1. The summed E-state index contributed by atoms with van der Waals surface area (Å²) in [6.07, 6.45) is 5.16. The van der Waals surface area contributed by atoms with Crippen LogP contribution in [-0.4, -0.2) is 19.3 Å². The molecule has 140 valence electrons. The molecule has 0 aromatic heterocycles. The molecule has 0 radical (unpaired) electrons. The van der Waals surface area contributed by atoms with E-state index >= 15 is 0 Å². The molecule has 2 aliphatic rings. The van der Waals surface area contributed by atoms with Gasteiger partial charge in [-0.2, -0.15) is 0 Å². The first-order valence-corrected chi connectivity index (χ1v) is 9.61. The number of allylic oxidation sites excluding steroid dienone is 4. The highest BCUT2D eigenvalue weighted by Gasteiger charge is 2.24. The summed E-state index contributed by atoms with van der Waals surface area (Å²) in [6.45, 7) is 0. The van der Waals surface area contributed by atoms with E-state index in [1.807, 2.05) is 48.7 Å². The summed E-state index contributed by atoms with van der Waals surface area (Å²) in [4.78, 5) is 16.5. The fourth-order valence-corrected chi connectivity index (χ4v) is 4.08. The summed E-state index contributed by atoms with van der Waals surface area (Å²) in [6, 6.07) is 24.3. The lowest BCUT2D eigenvalue weighted by Crippen LogP contribution is -2.01. The maximum absolute atomic E-state index is 11.9. The molecule has 1 heterocycles. The van der Waals surface area contributed by atoms with Crippen molar-refractivity contribution >= 4 is 34.6 Å². The van der Waals surface area contributed by atoms with Crippen LogP contribution in [0.1, 0.15) is 32.6 Å². The third kappa shape index (κ3) is 2.92. The van der Waals surface area contributed by atoms with Gasteiger partial charge in [-0.1, -0.05) is 60.7 Å². The van der Waals surface area contributed by atoms with Gasteiger partial charge in [0.25, 0.3) is 0 Å². The molecule has 5 rings (SSSR count). The van der Waals surface area contributed by atoms with E-state index in [0.717, 1.165) is 34.4 Å². The van der Waals surface area contributed by atoms with E-state index < -0.39 is 0 Å². The van der Waals surface area contributed by atoms with Gasteiger partial charge in [-0.15, -0.1) is 0 Å². The lowest BCUT2D eigenvalue weighted by Gasteiger charge is -2.15. The molecule has 0 saturated heterocycles. The monoisotopic (exact) mass is 377 g/mol. The first-order chi connectivity index (χ1) is 14.3. The Labute approximate surface area is 169 Å². The van der Waals surface area contributed by atoms with Crippen LogP contribution in [-0.2, 0) is 11.2 Å². The standard InChI is InChI=1S/C26H19NO2/c1-29-26(28)19-12-10-18(11-13-19)25(22-15-14-17-6-2-3-7-20(17)22)23-16-27-24-9-5-4-8-21(23)24/h2-13,15-16H,14H2,1H3. The summed E-state index contributed by atoms with van der Waals surface area (Å²) in [5, 5.41) is 0. The van der Waals surface area contributed by atoms with Crippen molar-refractivity contribution < 1.29 is 9.53 Å². The molecule has 1 aliphatic heterocycles. The number of carbonyl (C=O) groups excluding carboxylic acids is 1. The van der Waals surface area contributed by atoms with Crippen LogP contribution < -0.4 is 0 Å². The van der Waals surface area contributed by atoms with Gasteiger partial charge in [-0.3, -0.25) is 4.99 Å². The van der Waals surface area contributed by atoms with Crippen LogP contribution in [0.3, 0.4) is 0 Å². The molecule has 0 saturated carbocycles. The van der Waals surface area contributed by atoms with Crippen LogP contribution in [0.5, 0.6) is 0 Å². The molecule has 1 aliphatic carbocycles. The van der Waals surface area contributed by atoms with Crippen molar-refractivity contribution in [2.75, 3.05) is 7.11 Å². The minimum Gasteiger partial charge on any atom is -0.465 e. The quantitative estimate of drug-likeness (QED) is 0.546. The first-order valence-electron chi connectivity index (χ1n) is 9.61. The van der Waals surface area contributed by atoms with Crippen molar-refractivity contribution in [2.24, 2.45) is 4.99 Å². The van der Waals surface area contributed by atoms with Gasteiger partial charge in [-0.05, 0) is 52.5 Å². The maximum atomic E-state index is 11.9. The first kappa shape index (κ1) is 17.4. The van der Waals surface area contributed by atoms with Crippen molar-refractivity contribution in [2.45, 2.75) is 6.42 Å². The Morgan fingerprint density at radius 1 is 0.862 bits per heavy atom. The van der Waals surface area contributed by atoms with E-state index in [1.165, 1.54) is 23.8 Å². The molecule has 3 nitrogen and oxygen atoms in total. The average Bonchev–Trinajstić information content (AvgIpc) is 3.39. The number of ether oxygens (including phenoxy) is 1. The normalized spacial score (nSPS) is 15.6. The highest BCUT2D eigenvalue weighted by atomic mass is 16.5. The van der Waals surface area contributed by atoms with Crippen LogP contribution in [0.25, 0.3) is 16.7 Å².